The lowest BCUT2D eigenvalue weighted by Crippen LogP contribution is -2.46. The van der Waals surface area contributed by atoms with Crippen molar-refractivity contribution in [3.63, 3.8) is 0 Å². The number of morpholine rings is 1. The zero-order valence-corrected chi connectivity index (χ0v) is 16.3. The van der Waals surface area contributed by atoms with Gasteiger partial charge in [0.1, 0.15) is 12.1 Å². The summed E-state index contributed by atoms with van der Waals surface area (Å²) in [5, 5.41) is 5.01. The fourth-order valence-corrected chi connectivity index (χ4v) is 5.00. The predicted molar refractivity (Wildman–Crippen MR) is 108 cm³/mol. The summed E-state index contributed by atoms with van der Waals surface area (Å²) < 4.78 is 5.51. The molecule has 5 heteroatoms. The number of aryl methyl sites for hydroxylation is 1. The third-order valence-electron chi connectivity index (χ3n) is 6.72. The van der Waals surface area contributed by atoms with Gasteiger partial charge in [-0.3, -0.25) is 4.90 Å². The topological polar surface area (TPSA) is 50.3 Å². The zero-order chi connectivity index (χ0) is 18.2. The first-order valence-electron chi connectivity index (χ1n) is 10.6. The van der Waals surface area contributed by atoms with Crippen LogP contribution in [0.15, 0.2) is 18.5 Å². The van der Waals surface area contributed by atoms with Gasteiger partial charge >= 0.3 is 0 Å². The Kier molecular flexibility index (Phi) is 4.74. The van der Waals surface area contributed by atoms with E-state index in [9.17, 15) is 0 Å². The van der Waals surface area contributed by atoms with Crippen molar-refractivity contribution in [2.24, 2.45) is 0 Å². The van der Waals surface area contributed by atoms with Gasteiger partial charge in [-0.05, 0) is 68.6 Å². The minimum absolute atomic E-state index is 0.518. The molecule has 5 nitrogen and oxygen atoms in total. The summed E-state index contributed by atoms with van der Waals surface area (Å²) in [5.74, 6) is 1.79. The van der Waals surface area contributed by atoms with Gasteiger partial charge in [-0.25, -0.2) is 9.97 Å². The summed E-state index contributed by atoms with van der Waals surface area (Å²) in [5.41, 5.74) is 3.94. The molecule has 1 aromatic heterocycles. The second kappa shape index (κ2) is 7.36. The predicted octanol–water partition coefficient (Wildman–Crippen LogP) is 3.87. The number of ether oxygens (including phenoxy) is 1. The Labute approximate surface area is 161 Å². The second-order valence-corrected chi connectivity index (χ2v) is 8.47. The van der Waals surface area contributed by atoms with Gasteiger partial charge in [0.05, 0.1) is 18.7 Å². The lowest BCUT2D eigenvalue weighted by atomic mass is 9.89. The van der Waals surface area contributed by atoms with Gasteiger partial charge in [-0.2, -0.15) is 0 Å². The number of rotatable bonds is 4. The van der Waals surface area contributed by atoms with E-state index in [1.165, 1.54) is 55.0 Å². The quantitative estimate of drug-likeness (QED) is 0.890. The van der Waals surface area contributed by atoms with E-state index >= 15 is 0 Å². The number of fused-ring (bicyclic) bond motifs is 1. The van der Waals surface area contributed by atoms with Crippen molar-refractivity contribution < 1.29 is 4.74 Å². The van der Waals surface area contributed by atoms with Gasteiger partial charge in [0, 0.05) is 30.6 Å². The van der Waals surface area contributed by atoms with Crippen LogP contribution < -0.4 is 5.32 Å². The Hall–Kier alpha value is -1.72. The van der Waals surface area contributed by atoms with Crippen LogP contribution in [0.25, 0.3) is 10.9 Å². The summed E-state index contributed by atoms with van der Waals surface area (Å²) in [7, 11) is 0. The minimum Gasteiger partial charge on any atom is -0.379 e. The molecule has 2 aromatic rings. The molecule has 1 aromatic carbocycles. The van der Waals surface area contributed by atoms with Crippen LogP contribution in [0.2, 0.25) is 0 Å². The lowest BCUT2D eigenvalue weighted by molar-refractivity contribution is 0.00791. The van der Waals surface area contributed by atoms with Crippen LogP contribution in [0.3, 0.4) is 0 Å². The molecule has 0 spiro atoms. The monoisotopic (exact) mass is 366 g/mol. The van der Waals surface area contributed by atoms with Gasteiger partial charge in [0.25, 0.3) is 0 Å². The van der Waals surface area contributed by atoms with Gasteiger partial charge in [0.15, 0.2) is 0 Å². The van der Waals surface area contributed by atoms with E-state index in [2.05, 4.69) is 39.2 Å². The highest BCUT2D eigenvalue weighted by molar-refractivity contribution is 5.93. The molecule has 2 heterocycles. The molecule has 1 aliphatic heterocycles. The van der Waals surface area contributed by atoms with Crippen molar-refractivity contribution in [1.29, 1.82) is 0 Å². The molecule has 5 rings (SSSR count). The van der Waals surface area contributed by atoms with Crippen molar-refractivity contribution in [3.05, 3.63) is 29.6 Å². The van der Waals surface area contributed by atoms with E-state index in [0.717, 1.165) is 49.6 Å². The highest BCUT2D eigenvalue weighted by atomic mass is 16.5. The number of nitrogens with one attached hydrogen (secondary N) is 1. The van der Waals surface area contributed by atoms with Crippen LogP contribution in [0.4, 0.5) is 5.82 Å². The molecule has 3 aliphatic rings. The Morgan fingerprint density at radius 2 is 1.78 bits per heavy atom. The molecule has 2 saturated carbocycles. The maximum Gasteiger partial charge on any atom is 0.137 e. The number of hydrogen-bond donors (Lipinski definition) is 1. The summed E-state index contributed by atoms with van der Waals surface area (Å²) >= 11 is 0. The zero-order valence-electron chi connectivity index (χ0n) is 16.3. The lowest BCUT2D eigenvalue weighted by Gasteiger charge is -2.39. The summed E-state index contributed by atoms with van der Waals surface area (Å²) in [6.45, 7) is 6.24. The number of nitrogens with zero attached hydrogens (tertiary/aromatic N) is 3. The first-order valence-corrected chi connectivity index (χ1v) is 10.6. The molecule has 0 unspecified atom stereocenters. The van der Waals surface area contributed by atoms with Crippen molar-refractivity contribution >= 4 is 16.7 Å². The van der Waals surface area contributed by atoms with Gasteiger partial charge in [0.2, 0.25) is 0 Å². The first-order chi connectivity index (χ1) is 13.3. The standard InChI is InChI=1S/C22H30N4O/c1-15-19(16-2-3-16)8-9-20-21(15)22(24-14-23-20)25-17-4-6-18(7-5-17)26-10-12-27-13-11-26/h8-9,14,16-18H,2-7,10-13H2,1H3,(H,23,24,25). The second-order valence-electron chi connectivity index (χ2n) is 8.47. The van der Waals surface area contributed by atoms with Crippen LogP contribution in [0.5, 0.6) is 0 Å². The fourth-order valence-electron chi connectivity index (χ4n) is 5.00. The number of benzene rings is 1. The average molecular weight is 367 g/mol. The third kappa shape index (κ3) is 3.55. The molecule has 0 radical (unpaired) electrons. The van der Waals surface area contributed by atoms with Gasteiger partial charge < -0.3 is 10.1 Å². The van der Waals surface area contributed by atoms with E-state index < -0.39 is 0 Å². The maximum absolute atomic E-state index is 5.51. The van der Waals surface area contributed by atoms with Gasteiger partial charge in [-0.1, -0.05) is 6.07 Å². The van der Waals surface area contributed by atoms with Gasteiger partial charge in [-0.15, -0.1) is 0 Å². The molecule has 1 saturated heterocycles. The normalized spacial score (nSPS) is 27.0. The molecule has 3 fully saturated rings. The molecular formula is C22H30N4O. The van der Waals surface area contributed by atoms with Crippen molar-refractivity contribution in [1.82, 2.24) is 14.9 Å². The Morgan fingerprint density at radius 3 is 2.52 bits per heavy atom. The summed E-state index contributed by atoms with van der Waals surface area (Å²) in [6, 6.07) is 5.71. The molecule has 1 N–H and O–H groups in total. The average Bonchev–Trinajstić information content (AvgIpc) is 3.55. The number of anilines is 1. The highest BCUT2D eigenvalue weighted by Gasteiger charge is 2.29. The molecule has 0 atom stereocenters. The van der Waals surface area contributed by atoms with Crippen LogP contribution in [-0.2, 0) is 4.74 Å². The van der Waals surface area contributed by atoms with Crippen LogP contribution in [0, 0.1) is 6.92 Å². The molecule has 144 valence electrons. The largest absolute Gasteiger partial charge is 0.379 e. The Balaban J connectivity index is 1.31. The molecular weight excluding hydrogens is 336 g/mol. The van der Waals surface area contributed by atoms with Crippen LogP contribution in [-0.4, -0.2) is 53.3 Å². The van der Waals surface area contributed by atoms with E-state index in [0.29, 0.717) is 6.04 Å². The van der Waals surface area contributed by atoms with Crippen molar-refractivity contribution in [3.8, 4) is 0 Å². The fraction of sp³-hybridized carbons (Fsp3) is 0.636. The van der Waals surface area contributed by atoms with Crippen LogP contribution >= 0.6 is 0 Å². The van der Waals surface area contributed by atoms with E-state index in [4.69, 9.17) is 4.74 Å². The smallest absolute Gasteiger partial charge is 0.137 e. The SMILES string of the molecule is Cc1c(C2CC2)ccc2ncnc(NC3CCC(N4CCOCC4)CC3)c12. The van der Waals surface area contributed by atoms with E-state index in [1.54, 1.807) is 6.33 Å². The molecule has 0 amide bonds. The Morgan fingerprint density at radius 1 is 1.00 bits per heavy atom. The van der Waals surface area contributed by atoms with Crippen molar-refractivity contribution in [2.75, 3.05) is 31.6 Å². The Bertz CT molecular complexity index is 805. The van der Waals surface area contributed by atoms with Crippen LogP contribution in [0.1, 0.15) is 55.6 Å². The summed E-state index contributed by atoms with van der Waals surface area (Å²) in [6.07, 6.45) is 9.34. The molecule has 27 heavy (non-hydrogen) atoms. The van der Waals surface area contributed by atoms with E-state index in [1.807, 2.05) is 0 Å². The minimum atomic E-state index is 0.518. The maximum atomic E-state index is 5.51. The number of aromatic nitrogens is 2. The molecule has 2 aliphatic carbocycles. The highest BCUT2D eigenvalue weighted by Crippen LogP contribution is 2.43. The van der Waals surface area contributed by atoms with E-state index in [-0.39, 0.29) is 0 Å². The molecule has 0 bridgehead atoms. The first kappa shape index (κ1) is 17.4. The number of hydrogen-bond acceptors (Lipinski definition) is 5. The van der Waals surface area contributed by atoms with Crippen molar-refractivity contribution in [2.45, 2.75) is 63.5 Å². The third-order valence-corrected chi connectivity index (χ3v) is 6.72. The summed E-state index contributed by atoms with van der Waals surface area (Å²) in [4.78, 5) is 11.8.